The van der Waals surface area contributed by atoms with Crippen molar-refractivity contribution < 1.29 is 14.3 Å². The zero-order valence-electron chi connectivity index (χ0n) is 16.4. The summed E-state index contributed by atoms with van der Waals surface area (Å²) < 4.78 is 5.38. The molecule has 152 valence electrons. The van der Waals surface area contributed by atoms with E-state index < -0.39 is 0 Å². The van der Waals surface area contributed by atoms with Crippen LogP contribution in [0.15, 0.2) is 0 Å². The molecule has 3 aliphatic heterocycles. The zero-order valence-corrected chi connectivity index (χ0v) is 16.4. The summed E-state index contributed by atoms with van der Waals surface area (Å²) in [6.45, 7) is 7.38. The van der Waals surface area contributed by atoms with Gasteiger partial charge in [0.05, 0.1) is 25.7 Å². The number of carbonyl (C=O) groups is 2. The van der Waals surface area contributed by atoms with E-state index >= 15 is 0 Å². The van der Waals surface area contributed by atoms with Crippen molar-refractivity contribution in [1.82, 2.24) is 20.0 Å². The van der Waals surface area contributed by atoms with Gasteiger partial charge >= 0.3 is 0 Å². The number of morpholine rings is 1. The quantitative estimate of drug-likeness (QED) is 0.746. The Morgan fingerprint density at radius 2 is 1.67 bits per heavy atom. The molecule has 1 atom stereocenters. The third kappa shape index (κ3) is 5.21. The lowest BCUT2D eigenvalue weighted by atomic mass is 9.92. The molecule has 0 aromatic rings. The van der Waals surface area contributed by atoms with E-state index in [9.17, 15) is 9.59 Å². The van der Waals surface area contributed by atoms with Crippen molar-refractivity contribution in [1.29, 1.82) is 0 Å². The highest BCUT2D eigenvalue weighted by Gasteiger charge is 2.34. The first-order chi connectivity index (χ1) is 13.2. The summed E-state index contributed by atoms with van der Waals surface area (Å²) in [5.41, 5.74) is 0. The number of hydrogen-bond acceptors (Lipinski definition) is 5. The smallest absolute Gasteiger partial charge is 0.234 e. The molecule has 0 spiro atoms. The highest BCUT2D eigenvalue weighted by molar-refractivity contribution is 5.79. The van der Waals surface area contributed by atoms with E-state index in [2.05, 4.69) is 15.1 Å². The molecule has 7 heteroatoms. The van der Waals surface area contributed by atoms with Gasteiger partial charge in [-0.3, -0.25) is 19.4 Å². The molecule has 27 heavy (non-hydrogen) atoms. The van der Waals surface area contributed by atoms with Gasteiger partial charge in [-0.25, -0.2) is 0 Å². The lowest BCUT2D eigenvalue weighted by Crippen LogP contribution is -2.53. The van der Waals surface area contributed by atoms with Crippen LogP contribution in [-0.2, 0) is 14.3 Å². The topological polar surface area (TPSA) is 65.1 Å². The average molecular weight is 379 g/mol. The standard InChI is InChI=1S/C20H34N4O3/c25-19(21-17-3-4-17)15-22-8-5-18(6-9-22)24-7-1-2-16(14-24)20(26)23-10-12-27-13-11-23/h16-18H,1-15H2,(H,21,25)/t16-/m1/s1. The predicted octanol–water partition coefficient (Wildman–Crippen LogP) is 0.300. The van der Waals surface area contributed by atoms with Crippen molar-refractivity contribution in [2.45, 2.75) is 50.6 Å². The minimum Gasteiger partial charge on any atom is -0.378 e. The predicted molar refractivity (Wildman–Crippen MR) is 102 cm³/mol. The maximum atomic E-state index is 12.8. The molecule has 0 bridgehead atoms. The number of piperidine rings is 2. The van der Waals surface area contributed by atoms with Crippen molar-refractivity contribution in [3.63, 3.8) is 0 Å². The number of carbonyl (C=O) groups excluding carboxylic acids is 2. The molecule has 2 amide bonds. The first-order valence-corrected chi connectivity index (χ1v) is 10.8. The van der Waals surface area contributed by atoms with Crippen LogP contribution in [0.5, 0.6) is 0 Å². The fourth-order valence-electron chi connectivity index (χ4n) is 4.73. The first-order valence-electron chi connectivity index (χ1n) is 10.8. The summed E-state index contributed by atoms with van der Waals surface area (Å²) in [5.74, 6) is 0.668. The van der Waals surface area contributed by atoms with Crippen molar-refractivity contribution in [2.75, 3.05) is 59.0 Å². The molecule has 1 N–H and O–H groups in total. The Hall–Kier alpha value is -1.18. The number of ether oxygens (including phenoxy) is 1. The van der Waals surface area contributed by atoms with Gasteiger partial charge in [0.1, 0.15) is 0 Å². The monoisotopic (exact) mass is 378 g/mol. The minimum atomic E-state index is 0.152. The molecule has 4 fully saturated rings. The summed E-state index contributed by atoms with van der Waals surface area (Å²) >= 11 is 0. The summed E-state index contributed by atoms with van der Waals surface area (Å²) in [7, 11) is 0. The number of nitrogens with one attached hydrogen (secondary N) is 1. The van der Waals surface area contributed by atoms with Gasteiger partial charge in [-0.2, -0.15) is 0 Å². The fraction of sp³-hybridized carbons (Fsp3) is 0.900. The van der Waals surface area contributed by atoms with Crippen LogP contribution in [0.4, 0.5) is 0 Å². The summed E-state index contributed by atoms with van der Waals surface area (Å²) in [4.78, 5) is 31.7. The SMILES string of the molecule is O=C(CN1CCC(N2CCC[C@@H](C(=O)N3CCOCC3)C2)CC1)NC1CC1. The van der Waals surface area contributed by atoms with Crippen LogP contribution in [0.25, 0.3) is 0 Å². The summed E-state index contributed by atoms with van der Waals surface area (Å²) in [5, 5.41) is 3.08. The lowest BCUT2D eigenvalue weighted by Gasteiger charge is -2.42. The molecule has 4 aliphatic rings. The maximum absolute atomic E-state index is 12.8. The number of rotatable bonds is 5. The molecule has 3 heterocycles. The highest BCUT2D eigenvalue weighted by atomic mass is 16.5. The van der Waals surface area contributed by atoms with Crippen molar-refractivity contribution >= 4 is 11.8 Å². The second-order valence-electron chi connectivity index (χ2n) is 8.62. The van der Waals surface area contributed by atoms with E-state index in [1.54, 1.807) is 0 Å². The molecule has 3 saturated heterocycles. The molecule has 0 aromatic carbocycles. The number of nitrogens with zero attached hydrogens (tertiary/aromatic N) is 3. The molecular weight excluding hydrogens is 344 g/mol. The number of amides is 2. The lowest BCUT2D eigenvalue weighted by molar-refractivity contribution is -0.142. The van der Waals surface area contributed by atoms with Gasteiger partial charge in [-0.15, -0.1) is 0 Å². The molecule has 0 radical (unpaired) electrons. The molecule has 0 aromatic heterocycles. The van der Waals surface area contributed by atoms with Gasteiger partial charge in [0.15, 0.2) is 0 Å². The van der Waals surface area contributed by atoms with Gasteiger partial charge in [0.25, 0.3) is 0 Å². The Morgan fingerprint density at radius 1 is 0.926 bits per heavy atom. The Balaban J connectivity index is 1.21. The third-order valence-corrected chi connectivity index (χ3v) is 6.51. The van der Waals surface area contributed by atoms with Gasteiger partial charge in [-0.05, 0) is 45.1 Å². The summed E-state index contributed by atoms with van der Waals surface area (Å²) in [6, 6.07) is 1.01. The summed E-state index contributed by atoms with van der Waals surface area (Å²) in [6.07, 6.45) is 6.64. The van der Waals surface area contributed by atoms with Crippen molar-refractivity contribution in [2.24, 2.45) is 5.92 Å². The van der Waals surface area contributed by atoms with Gasteiger partial charge < -0.3 is 15.0 Å². The second-order valence-corrected chi connectivity index (χ2v) is 8.62. The Bertz CT molecular complexity index is 525. The van der Waals surface area contributed by atoms with E-state index in [0.717, 1.165) is 77.8 Å². The van der Waals surface area contributed by atoms with Gasteiger partial charge in [-0.1, -0.05) is 0 Å². The van der Waals surface area contributed by atoms with Crippen LogP contribution >= 0.6 is 0 Å². The number of hydrogen-bond donors (Lipinski definition) is 1. The second kappa shape index (κ2) is 8.88. The molecule has 0 unspecified atom stereocenters. The molecule has 1 saturated carbocycles. The molecule has 4 rings (SSSR count). The maximum Gasteiger partial charge on any atom is 0.234 e. The van der Waals surface area contributed by atoms with Crippen molar-refractivity contribution in [3.8, 4) is 0 Å². The fourth-order valence-corrected chi connectivity index (χ4v) is 4.73. The van der Waals surface area contributed by atoms with Crippen LogP contribution in [0.2, 0.25) is 0 Å². The Kier molecular flexibility index (Phi) is 6.30. The molecule has 1 aliphatic carbocycles. The third-order valence-electron chi connectivity index (χ3n) is 6.51. The minimum absolute atomic E-state index is 0.152. The average Bonchev–Trinajstić information content (AvgIpc) is 3.52. The Morgan fingerprint density at radius 3 is 2.37 bits per heavy atom. The van der Waals surface area contributed by atoms with Gasteiger partial charge in [0, 0.05) is 44.8 Å². The molecular formula is C20H34N4O3. The van der Waals surface area contributed by atoms with E-state index in [1.807, 2.05) is 4.90 Å². The molecule has 7 nitrogen and oxygen atoms in total. The van der Waals surface area contributed by atoms with Crippen LogP contribution in [0.1, 0.15) is 38.5 Å². The van der Waals surface area contributed by atoms with Crippen LogP contribution < -0.4 is 5.32 Å². The van der Waals surface area contributed by atoms with E-state index in [0.29, 0.717) is 37.7 Å². The van der Waals surface area contributed by atoms with Crippen molar-refractivity contribution in [3.05, 3.63) is 0 Å². The van der Waals surface area contributed by atoms with Crippen LogP contribution in [-0.4, -0.2) is 97.6 Å². The van der Waals surface area contributed by atoms with Gasteiger partial charge in [0.2, 0.25) is 11.8 Å². The Labute approximate surface area is 162 Å². The normalized spacial score (nSPS) is 28.9. The van der Waals surface area contributed by atoms with Crippen LogP contribution in [0, 0.1) is 5.92 Å². The van der Waals surface area contributed by atoms with Crippen LogP contribution in [0.3, 0.4) is 0 Å². The number of likely N-dealkylation sites (tertiary alicyclic amines) is 2. The van der Waals surface area contributed by atoms with E-state index in [4.69, 9.17) is 4.74 Å². The zero-order chi connectivity index (χ0) is 18.6. The van der Waals surface area contributed by atoms with E-state index in [1.165, 1.54) is 0 Å². The largest absolute Gasteiger partial charge is 0.378 e. The van der Waals surface area contributed by atoms with E-state index in [-0.39, 0.29) is 11.8 Å². The first kappa shape index (κ1) is 19.2. The highest BCUT2D eigenvalue weighted by Crippen LogP contribution is 2.25.